The van der Waals surface area contributed by atoms with Crippen molar-refractivity contribution < 1.29 is 0 Å². The largest absolute Gasteiger partial charge is 0.316 e. The Kier molecular flexibility index (Phi) is 4.60. The molecule has 1 nitrogen and oxygen atoms in total. The highest BCUT2D eigenvalue weighted by molar-refractivity contribution is 7.99. The van der Waals surface area contributed by atoms with Crippen molar-refractivity contribution in [2.24, 2.45) is 11.8 Å². The molecule has 0 aromatic rings. The zero-order chi connectivity index (χ0) is 9.84. The normalized spacial score (nSPS) is 35.3. The third-order valence-electron chi connectivity index (χ3n) is 3.45. The van der Waals surface area contributed by atoms with Gasteiger partial charge in [0, 0.05) is 11.3 Å². The Morgan fingerprint density at radius 1 is 1.31 bits per heavy atom. The van der Waals surface area contributed by atoms with E-state index < -0.39 is 0 Å². The Morgan fingerprint density at radius 2 is 2.00 bits per heavy atom. The van der Waals surface area contributed by atoms with Crippen LogP contribution >= 0.6 is 11.8 Å². The predicted octanol–water partition coefficient (Wildman–Crippen LogP) is 2.76. The average Bonchev–Trinajstić information content (AvgIpc) is 2.16. The molecule has 2 heteroatoms. The van der Waals surface area contributed by atoms with Crippen LogP contribution in [0.15, 0.2) is 0 Å². The molecule has 0 amide bonds. The Labute approximate surface area is 87.1 Å². The number of rotatable bonds is 3. The predicted molar refractivity (Wildman–Crippen MR) is 62.3 cm³/mol. The molecule has 78 valence electrons. The molecule has 0 saturated heterocycles. The molecule has 0 aromatic heterocycles. The highest BCUT2D eigenvalue weighted by atomic mass is 32.2. The minimum Gasteiger partial charge on any atom is -0.316 e. The van der Waals surface area contributed by atoms with Crippen LogP contribution in [0.2, 0.25) is 0 Å². The summed E-state index contributed by atoms with van der Waals surface area (Å²) in [4.78, 5) is 0. The molecule has 0 spiro atoms. The first kappa shape index (κ1) is 11.4. The van der Waals surface area contributed by atoms with Gasteiger partial charge in [-0.1, -0.05) is 13.8 Å². The van der Waals surface area contributed by atoms with Gasteiger partial charge in [-0.2, -0.15) is 11.8 Å². The van der Waals surface area contributed by atoms with Crippen molar-refractivity contribution in [1.82, 2.24) is 5.32 Å². The van der Waals surface area contributed by atoms with Crippen LogP contribution < -0.4 is 5.32 Å². The molecule has 1 rings (SSSR count). The van der Waals surface area contributed by atoms with Gasteiger partial charge in [-0.3, -0.25) is 0 Å². The summed E-state index contributed by atoms with van der Waals surface area (Å²) in [5.41, 5.74) is 0. The first-order valence-electron chi connectivity index (χ1n) is 5.39. The third kappa shape index (κ3) is 2.88. The second kappa shape index (κ2) is 5.26. The maximum absolute atomic E-state index is 3.44. The number of hydrogen-bond donors (Lipinski definition) is 1. The summed E-state index contributed by atoms with van der Waals surface area (Å²) in [6, 6.07) is 0.755. The first-order chi connectivity index (χ1) is 6.19. The van der Waals surface area contributed by atoms with Crippen LogP contribution in [0.25, 0.3) is 0 Å². The monoisotopic (exact) mass is 201 g/mol. The highest BCUT2D eigenvalue weighted by Crippen LogP contribution is 2.34. The van der Waals surface area contributed by atoms with E-state index >= 15 is 0 Å². The Balaban J connectivity index is 2.47. The van der Waals surface area contributed by atoms with Crippen LogP contribution in [0.1, 0.15) is 33.1 Å². The Morgan fingerprint density at radius 3 is 2.46 bits per heavy atom. The van der Waals surface area contributed by atoms with Crippen molar-refractivity contribution in [3.05, 3.63) is 0 Å². The van der Waals surface area contributed by atoms with E-state index in [0.29, 0.717) is 0 Å². The van der Waals surface area contributed by atoms with E-state index in [1.165, 1.54) is 19.3 Å². The van der Waals surface area contributed by atoms with Gasteiger partial charge in [0.05, 0.1) is 0 Å². The quantitative estimate of drug-likeness (QED) is 0.753. The molecule has 13 heavy (non-hydrogen) atoms. The second-order valence-electron chi connectivity index (χ2n) is 4.49. The molecule has 1 aliphatic carbocycles. The van der Waals surface area contributed by atoms with Gasteiger partial charge in [0.2, 0.25) is 0 Å². The van der Waals surface area contributed by atoms with Crippen LogP contribution in [0.4, 0.5) is 0 Å². The molecule has 0 aromatic carbocycles. The number of hydrogen-bond acceptors (Lipinski definition) is 2. The van der Waals surface area contributed by atoms with E-state index in [-0.39, 0.29) is 0 Å². The van der Waals surface area contributed by atoms with Gasteiger partial charge in [0.15, 0.2) is 0 Å². The van der Waals surface area contributed by atoms with Crippen LogP contribution in [0.3, 0.4) is 0 Å². The summed E-state index contributed by atoms with van der Waals surface area (Å²) >= 11 is 2.04. The lowest BCUT2D eigenvalue weighted by Gasteiger charge is -2.36. The maximum Gasteiger partial charge on any atom is 0.0201 e. The van der Waals surface area contributed by atoms with Gasteiger partial charge < -0.3 is 5.32 Å². The zero-order valence-corrected chi connectivity index (χ0v) is 10.2. The standard InChI is InChI=1S/C11H23NS/c1-8(2)9-5-6-10(12-3)11(7-9)13-4/h8-12H,5-7H2,1-4H3. The summed E-state index contributed by atoms with van der Waals surface area (Å²) in [6.45, 7) is 4.73. The lowest BCUT2D eigenvalue weighted by atomic mass is 9.79. The topological polar surface area (TPSA) is 12.0 Å². The molecule has 3 unspecified atom stereocenters. The smallest absolute Gasteiger partial charge is 0.0201 e. The average molecular weight is 201 g/mol. The third-order valence-corrected chi connectivity index (χ3v) is 4.58. The molecule has 0 radical (unpaired) electrons. The lowest BCUT2D eigenvalue weighted by molar-refractivity contribution is 0.251. The van der Waals surface area contributed by atoms with Gasteiger partial charge in [0.25, 0.3) is 0 Å². The van der Waals surface area contributed by atoms with E-state index in [9.17, 15) is 0 Å². The van der Waals surface area contributed by atoms with E-state index in [1.807, 2.05) is 11.8 Å². The molecule has 3 atom stereocenters. The molecular weight excluding hydrogens is 178 g/mol. The van der Waals surface area contributed by atoms with E-state index in [0.717, 1.165) is 23.1 Å². The Bertz CT molecular complexity index is 147. The van der Waals surface area contributed by atoms with Crippen LogP contribution in [0.5, 0.6) is 0 Å². The van der Waals surface area contributed by atoms with Gasteiger partial charge in [0.1, 0.15) is 0 Å². The minimum atomic E-state index is 0.755. The summed E-state index contributed by atoms with van der Waals surface area (Å²) in [5.74, 6) is 1.83. The van der Waals surface area contributed by atoms with Crippen molar-refractivity contribution in [2.75, 3.05) is 13.3 Å². The number of thioether (sulfide) groups is 1. The molecule has 1 saturated carbocycles. The van der Waals surface area contributed by atoms with Crippen LogP contribution in [-0.2, 0) is 0 Å². The summed E-state index contributed by atoms with van der Waals surface area (Å²) < 4.78 is 0. The van der Waals surface area contributed by atoms with E-state index in [1.54, 1.807) is 0 Å². The highest BCUT2D eigenvalue weighted by Gasteiger charge is 2.30. The fourth-order valence-electron chi connectivity index (χ4n) is 2.36. The van der Waals surface area contributed by atoms with Crippen LogP contribution in [0, 0.1) is 11.8 Å². The molecular formula is C11H23NS. The summed E-state index contributed by atoms with van der Waals surface area (Å²) in [5, 5.41) is 4.28. The molecule has 1 aliphatic rings. The van der Waals surface area contributed by atoms with Gasteiger partial charge in [-0.05, 0) is 44.4 Å². The first-order valence-corrected chi connectivity index (χ1v) is 6.67. The number of nitrogens with one attached hydrogen (secondary N) is 1. The molecule has 0 heterocycles. The van der Waals surface area contributed by atoms with Crippen LogP contribution in [-0.4, -0.2) is 24.6 Å². The molecule has 1 N–H and O–H groups in total. The van der Waals surface area contributed by atoms with Crippen molar-refractivity contribution in [1.29, 1.82) is 0 Å². The summed E-state index contributed by atoms with van der Waals surface area (Å²) in [6.07, 6.45) is 6.44. The molecule has 0 bridgehead atoms. The maximum atomic E-state index is 3.44. The van der Waals surface area contributed by atoms with Crippen molar-refractivity contribution in [2.45, 2.75) is 44.4 Å². The lowest BCUT2D eigenvalue weighted by Crippen LogP contribution is -2.41. The van der Waals surface area contributed by atoms with Gasteiger partial charge in [-0.15, -0.1) is 0 Å². The second-order valence-corrected chi connectivity index (χ2v) is 5.56. The molecule has 0 aliphatic heterocycles. The van der Waals surface area contributed by atoms with Crippen molar-refractivity contribution in [3.63, 3.8) is 0 Å². The zero-order valence-electron chi connectivity index (χ0n) is 9.34. The minimum absolute atomic E-state index is 0.755. The van der Waals surface area contributed by atoms with Gasteiger partial charge >= 0.3 is 0 Å². The molecule has 1 fully saturated rings. The fraction of sp³-hybridized carbons (Fsp3) is 1.00. The Hall–Kier alpha value is 0.310. The fourth-order valence-corrected chi connectivity index (χ4v) is 3.40. The van der Waals surface area contributed by atoms with E-state index in [4.69, 9.17) is 0 Å². The van der Waals surface area contributed by atoms with E-state index in [2.05, 4.69) is 32.5 Å². The van der Waals surface area contributed by atoms with Crippen molar-refractivity contribution in [3.8, 4) is 0 Å². The van der Waals surface area contributed by atoms with Crippen molar-refractivity contribution >= 4 is 11.8 Å². The SMILES string of the molecule is CNC1CCC(C(C)C)CC1SC. The summed E-state index contributed by atoms with van der Waals surface area (Å²) in [7, 11) is 2.10. The van der Waals surface area contributed by atoms with Gasteiger partial charge in [-0.25, -0.2) is 0 Å².